The Morgan fingerprint density at radius 1 is 1.47 bits per heavy atom. The van der Waals surface area contributed by atoms with Gasteiger partial charge in [-0.05, 0) is 12.8 Å². The highest BCUT2D eigenvalue weighted by molar-refractivity contribution is 5.85. The van der Waals surface area contributed by atoms with Crippen molar-refractivity contribution in [2.24, 2.45) is 5.92 Å². The number of β-amino-alcohol motifs (C(OH)–C–C–N with tert-alkyl or cyclic N) is 1. The number of carbonyl (C=O) groups excluding carboxylic acids is 1. The standard InChI is InChI=1S/C13H19N3O3/c1-8(2)13(18)6-16(7-13)10-5-9(3)14-11(15-10)12(17)19-4/h5,8,18H,6-7H2,1-4H3. The van der Waals surface area contributed by atoms with Crippen LogP contribution in [0.2, 0.25) is 0 Å². The summed E-state index contributed by atoms with van der Waals surface area (Å²) in [7, 11) is 1.30. The monoisotopic (exact) mass is 265 g/mol. The van der Waals surface area contributed by atoms with Crippen molar-refractivity contribution in [1.82, 2.24) is 9.97 Å². The quantitative estimate of drug-likeness (QED) is 0.814. The highest BCUT2D eigenvalue weighted by Crippen LogP contribution is 2.32. The second-order valence-electron chi connectivity index (χ2n) is 5.30. The molecule has 0 aliphatic carbocycles. The molecule has 1 aromatic rings. The van der Waals surface area contributed by atoms with E-state index in [1.807, 2.05) is 18.7 Å². The molecule has 0 amide bonds. The molecule has 1 aromatic heterocycles. The number of hydrogen-bond donors (Lipinski definition) is 1. The fourth-order valence-electron chi connectivity index (χ4n) is 2.04. The number of esters is 1. The molecule has 1 saturated heterocycles. The number of methoxy groups -OCH3 is 1. The van der Waals surface area contributed by atoms with Crippen LogP contribution < -0.4 is 4.90 Å². The van der Waals surface area contributed by atoms with Gasteiger partial charge in [-0.15, -0.1) is 0 Å². The number of aliphatic hydroxyl groups is 1. The van der Waals surface area contributed by atoms with E-state index in [1.54, 1.807) is 13.0 Å². The van der Waals surface area contributed by atoms with Crippen LogP contribution in [0.15, 0.2) is 6.07 Å². The van der Waals surface area contributed by atoms with Crippen molar-refractivity contribution in [1.29, 1.82) is 0 Å². The topological polar surface area (TPSA) is 75.5 Å². The van der Waals surface area contributed by atoms with E-state index in [0.29, 0.717) is 24.6 Å². The molecule has 1 aliphatic rings. The SMILES string of the molecule is COC(=O)c1nc(C)cc(N2CC(O)(C(C)C)C2)n1. The van der Waals surface area contributed by atoms with E-state index in [1.165, 1.54) is 7.11 Å². The van der Waals surface area contributed by atoms with Crippen molar-refractivity contribution in [3.8, 4) is 0 Å². The largest absolute Gasteiger partial charge is 0.463 e. The van der Waals surface area contributed by atoms with Gasteiger partial charge in [0, 0.05) is 11.8 Å². The summed E-state index contributed by atoms with van der Waals surface area (Å²) in [5, 5.41) is 10.2. The molecule has 1 N–H and O–H groups in total. The Balaban J connectivity index is 2.19. The van der Waals surface area contributed by atoms with Gasteiger partial charge in [0.2, 0.25) is 5.82 Å². The number of hydrogen-bond acceptors (Lipinski definition) is 6. The fraction of sp³-hybridized carbons (Fsp3) is 0.615. The Hall–Kier alpha value is -1.69. The summed E-state index contributed by atoms with van der Waals surface area (Å²) in [6.45, 7) is 6.81. The van der Waals surface area contributed by atoms with Gasteiger partial charge in [0.25, 0.3) is 0 Å². The first-order chi connectivity index (χ1) is 8.85. The molecule has 1 aliphatic heterocycles. The lowest BCUT2D eigenvalue weighted by atomic mass is 9.83. The highest BCUT2D eigenvalue weighted by atomic mass is 16.5. The van der Waals surface area contributed by atoms with Crippen LogP contribution in [0.1, 0.15) is 30.2 Å². The lowest BCUT2D eigenvalue weighted by Crippen LogP contribution is -2.65. The molecule has 0 bridgehead atoms. The molecule has 6 heteroatoms. The molecule has 0 unspecified atom stereocenters. The fourth-order valence-corrected chi connectivity index (χ4v) is 2.04. The number of rotatable bonds is 3. The summed E-state index contributed by atoms with van der Waals surface area (Å²) in [6.07, 6.45) is 0. The molecular weight excluding hydrogens is 246 g/mol. The average molecular weight is 265 g/mol. The Kier molecular flexibility index (Phi) is 3.45. The van der Waals surface area contributed by atoms with Crippen LogP contribution in [0, 0.1) is 12.8 Å². The van der Waals surface area contributed by atoms with Crippen LogP contribution in [0.3, 0.4) is 0 Å². The van der Waals surface area contributed by atoms with Gasteiger partial charge in [0.1, 0.15) is 11.4 Å². The number of aromatic nitrogens is 2. The molecule has 19 heavy (non-hydrogen) atoms. The maximum absolute atomic E-state index is 11.5. The first-order valence-electron chi connectivity index (χ1n) is 6.27. The lowest BCUT2D eigenvalue weighted by molar-refractivity contribution is -0.0304. The zero-order valence-corrected chi connectivity index (χ0v) is 11.7. The predicted octanol–water partition coefficient (Wildman–Crippen LogP) is 0.779. The second-order valence-corrected chi connectivity index (χ2v) is 5.30. The van der Waals surface area contributed by atoms with E-state index in [2.05, 4.69) is 14.7 Å². The van der Waals surface area contributed by atoms with Crippen LogP contribution in [0.5, 0.6) is 0 Å². The van der Waals surface area contributed by atoms with Crippen molar-refractivity contribution in [3.63, 3.8) is 0 Å². The van der Waals surface area contributed by atoms with E-state index in [-0.39, 0.29) is 11.7 Å². The third-order valence-electron chi connectivity index (χ3n) is 3.54. The van der Waals surface area contributed by atoms with Gasteiger partial charge < -0.3 is 14.7 Å². The average Bonchev–Trinajstić information content (AvgIpc) is 2.32. The summed E-state index contributed by atoms with van der Waals surface area (Å²) in [4.78, 5) is 21.6. The molecule has 2 heterocycles. The van der Waals surface area contributed by atoms with E-state index < -0.39 is 11.6 Å². The third kappa shape index (κ3) is 2.53. The molecule has 0 atom stereocenters. The first-order valence-corrected chi connectivity index (χ1v) is 6.27. The van der Waals surface area contributed by atoms with Crippen LogP contribution in [-0.2, 0) is 4.74 Å². The van der Waals surface area contributed by atoms with Crippen molar-refractivity contribution in [3.05, 3.63) is 17.6 Å². The number of carbonyl (C=O) groups is 1. The van der Waals surface area contributed by atoms with Gasteiger partial charge in [-0.2, -0.15) is 0 Å². The number of aryl methyl sites for hydroxylation is 1. The minimum Gasteiger partial charge on any atom is -0.463 e. The van der Waals surface area contributed by atoms with Crippen LogP contribution in [0.25, 0.3) is 0 Å². The normalized spacial score (nSPS) is 17.3. The summed E-state index contributed by atoms with van der Waals surface area (Å²) in [5.41, 5.74) is 0.0231. The van der Waals surface area contributed by atoms with Crippen LogP contribution >= 0.6 is 0 Å². The van der Waals surface area contributed by atoms with Crippen LogP contribution in [-0.4, -0.2) is 46.8 Å². The Labute approximate surface area is 112 Å². The maximum atomic E-state index is 11.5. The molecule has 0 radical (unpaired) electrons. The lowest BCUT2D eigenvalue weighted by Gasteiger charge is -2.49. The van der Waals surface area contributed by atoms with Gasteiger partial charge in [-0.1, -0.05) is 13.8 Å². The van der Waals surface area contributed by atoms with Crippen molar-refractivity contribution in [2.45, 2.75) is 26.4 Å². The molecule has 6 nitrogen and oxygen atoms in total. The van der Waals surface area contributed by atoms with E-state index >= 15 is 0 Å². The molecule has 0 aromatic carbocycles. The van der Waals surface area contributed by atoms with Gasteiger partial charge in [0.05, 0.1) is 20.2 Å². The molecule has 0 spiro atoms. The van der Waals surface area contributed by atoms with Crippen molar-refractivity contribution in [2.75, 3.05) is 25.1 Å². The minimum atomic E-state index is -0.676. The zero-order chi connectivity index (χ0) is 14.2. The summed E-state index contributed by atoms with van der Waals surface area (Å²) < 4.78 is 4.62. The molecule has 0 saturated carbocycles. The van der Waals surface area contributed by atoms with E-state index in [4.69, 9.17) is 0 Å². The second kappa shape index (κ2) is 4.77. The Morgan fingerprint density at radius 3 is 2.63 bits per heavy atom. The number of anilines is 1. The Morgan fingerprint density at radius 2 is 2.11 bits per heavy atom. The minimum absolute atomic E-state index is 0.0532. The molecule has 1 fully saturated rings. The summed E-state index contributed by atoms with van der Waals surface area (Å²) in [6, 6.07) is 1.80. The molecule has 2 rings (SSSR count). The van der Waals surface area contributed by atoms with E-state index in [0.717, 1.165) is 0 Å². The highest BCUT2D eigenvalue weighted by Gasteiger charge is 2.44. The Bertz CT molecular complexity index is 496. The molecular formula is C13H19N3O3. The van der Waals surface area contributed by atoms with Crippen LogP contribution in [0.4, 0.5) is 5.82 Å². The number of nitrogens with zero attached hydrogens (tertiary/aromatic N) is 3. The third-order valence-corrected chi connectivity index (χ3v) is 3.54. The van der Waals surface area contributed by atoms with Crippen molar-refractivity contribution < 1.29 is 14.6 Å². The van der Waals surface area contributed by atoms with Gasteiger partial charge >= 0.3 is 5.97 Å². The number of ether oxygens (including phenoxy) is 1. The van der Waals surface area contributed by atoms with Crippen molar-refractivity contribution >= 4 is 11.8 Å². The zero-order valence-electron chi connectivity index (χ0n) is 11.7. The van der Waals surface area contributed by atoms with E-state index in [9.17, 15) is 9.90 Å². The summed E-state index contributed by atoms with van der Waals surface area (Å²) in [5.74, 6) is 0.340. The smallest absolute Gasteiger partial charge is 0.376 e. The maximum Gasteiger partial charge on any atom is 0.376 e. The summed E-state index contributed by atoms with van der Waals surface area (Å²) >= 11 is 0. The predicted molar refractivity (Wildman–Crippen MR) is 70.1 cm³/mol. The van der Waals surface area contributed by atoms with Gasteiger partial charge in [-0.25, -0.2) is 14.8 Å². The molecule has 104 valence electrons. The van der Waals surface area contributed by atoms with Gasteiger partial charge in [0.15, 0.2) is 0 Å². The first kappa shape index (κ1) is 13.7. The van der Waals surface area contributed by atoms with Gasteiger partial charge in [-0.3, -0.25) is 0 Å².